The van der Waals surface area contributed by atoms with Gasteiger partial charge in [0.05, 0.1) is 13.7 Å². The maximum atomic E-state index is 13.5. The normalized spacial score (nSPS) is 10.2. The highest BCUT2D eigenvalue weighted by Gasteiger charge is 2.12. The summed E-state index contributed by atoms with van der Waals surface area (Å²) in [5.74, 6) is 0.346. The molecule has 0 aliphatic rings. The van der Waals surface area contributed by atoms with Crippen LogP contribution in [0.3, 0.4) is 0 Å². The van der Waals surface area contributed by atoms with Crippen molar-refractivity contribution in [1.82, 2.24) is 0 Å². The third-order valence-electron chi connectivity index (χ3n) is 3.16. The van der Waals surface area contributed by atoms with Gasteiger partial charge in [-0.05, 0) is 49.7 Å². The van der Waals surface area contributed by atoms with Crippen LogP contribution in [0, 0.1) is 12.7 Å². The number of benzene rings is 2. The summed E-state index contributed by atoms with van der Waals surface area (Å²) in [6, 6.07) is 9.45. The zero-order valence-electron chi connectivity index (χ0n) is 12.8. The van der Waals surface area contributed by atoms with E-state index in [1.54, 1.807) is 37.3 Å². The Morgan fingerprint density at radius 3 is 2.59 bits per heavy atom. The summed E-state index contributed by atoms with van der Waals surface area (Å²) < 4.78 is 24.1. The molecule has 0 aromatic heterocycles. The molecule has 0 unspecified atom stereocenters. The van der Waals surface area contributed by atoms with E-state index in [1.165, 1.54) is 13.2 Å². The van der Waals surface area contributed by atoms with Gasteiger partial charge in [-0.2, -0.15) is 0 Å². The third kappa shape index (κ3) is 3.55. The molecule has 4 nitrogen and oxygen atoms in total. The smallest absolute Gasteiger partial charge is 0.255 e. The summed E-state index contributed by atoms with van der Waals surface area (Å²) >= 11 is 0. The summed E-state index contributed by atoms with van der Waals surface area (Å²) in [5.41, 5.74) is 1.34. The highest BCUT2D eigenvalue weighted by molar-refractivity contribution is 6.04. The van der Waals surface area contributed by atoms with Gasteiger partial charge in [0.25, 0.3) is 5.91 Å². The molecule has 0 radical (unpaired) electrons. The minimum absolute atomic E-state index is 0.343. The molecule has 2 aromatic carbocycles. The first-order chi connectivity index (χ1) is 10.5. The van der Waals surface area contributed by atoms with Crippen molar-refractivity contribution in [2.24, 2.45) is 0 Å². The average Bonchev–Trinajstić information content (AvgIpc) is 2.51. The summed E-state index contributed by atoms with van der Waals surface area (Å²) in [6.45, 7) is 4.04. The highest BCUT2D eigenvalue weighted by atomic mass is 19.1. The van der Waals surface area contributed by atoms with Gasteiger partial charge in [-0.25, -0.2) is 4.39 Å². The Hall–Kier alpha value is -2.56. The fraction of sp³-hybridized carbons (Fsp3) is 0.235. The second kappa shape index (κ2) is 6.93. The van der Waals surface area contributed by atoms with Gasteiger partial charge in [0.1, 0.15) is 5.82 Å². The van der Waals surface area contributed by atoms with E-state index in [4.69, 9.17) is 9.47 Å². The molecule has 1 N–H and O–H groups in total. The second-order valence-corrected chi connectivity index (χ2v) is 4.72. The summed E-state index contributed by atoms with van der Waals surface area (Å²) in [7, 11) is 1.51. The summed E-state index contributed by atoms with van der Waals surface area (Å²) in [5, 5.41) is 2.65. The summed E-state index contributed by atoms with van der Waals surface area (Å²) in [4.78, 5) is 12.2. The lowest BCUT2D eigenvalue weighted by molar-refractivity contribution is 0.102. The van der Waals surface area contributed by atoms with E-state index < -0.39 is 0 Å². The third-order valence-corrected chi connectivity index (χ3v) is 3.16. The number of methoxy groups -OCH3 is 1. The minimum Gasteiger partial charge on any atom is -0.493 e. The second-order valence-electron chi connectivity index (χ2n) is 4.72. The van der Waals surface area contributed by atoms with E-state index in [2.05, 4.69) is 5.32 Å². The van der Waals surface area contributed by atoms with Crippen LogP contribution in [-0.2, 0) is 0 Å². The molecular weight excluding hydrogens is 285 g/mol. The van der Waals surface area contributed by atoms with Crippen molar-refractivity contribution in [3.63, 3.8) is 0 Å². The number of ether oxygens (including phenoxy) is 2. The van der Waals surface area contributed by atoms with Crippen molar-refractivity contribution in [2.75, 3.05) is 19.0 Å². The van der Waals surface area contributed by atoms with Crippen molar-refractivity contribution in [2.45, 2.75) is 13.8 Å². The molecule has 0 spiro atoms. The predicted octanol–water partition coefficient (Wildman–Crippen LogP) is 3.79. The molecule has 22 heavy (non-hydrogen) atoms. The van der Waals surface area contributed by atoms with Gasteiger partial charge >= 0.3 is 0 Å². The van der Waals surface area contributed by atoms with Gasteiger partial charge in [0.15, 0.2) is 11.5 Å². The number of rotatable bonds is 5. The number of hydrogen-bond acceptors (Lipinski definition) is 3. The predicted molar refractivity (Wildman–Crippen MR) is 83.3 cm³/mol. The standard InChI is InChI=1S/C17H18FNO3/c1-4-22-15-8-6-12(9-16(15)21-3)17(20)19-13-7-5-11(2)14(18)10-13/h5-10H,4H2,1-3H3,(H,19,20). The van der Waals surface area contributed by atoms with E-state index in [9.17, 15) is 9.18 Å². The topological polar surface area (TPSA) is 47.6 Å². The number of amides is 1. The number of anilines is 1. The van der Waals surface area contributed by atoms with E-state index in [1.807, 2.05) is 6.92 Å². The molecule has 116 valence electrons. The van der Waals surface area contributed by atoms with E-state index >= 15 is 0 Å². The van der Waals surface area contributed by atoms with Crippen LogP contribution in [0.4, 0.5) is 10.1 Å². The van der Waals surface area contributed by atoms with Gasteiger partial charge < -0.3 is 14.8 Å². The van der Waals surface area contributed by atoms with Crippen molar-refractivity contribution in [1.29, 1.82) is 0 Å². The lowest BCUT2D eigenvalue weighted by atomic mass is 10.1. The zero-order chi connectivity index (χ0) is 16.1. The van der Waals surface area contributed by atoms with Crippen LogP contribution in [0.5, 0.6) is 11.5 Å². The molecule has 0 atom stereocenters. The van der Waals surface area contributed by atoms with Crippen LogP contribution in [0.2, 0.25) is 0 Å². The molecule has 0 heterocycles. The van der Waals surface area contributed by atoms with E-state index in [0.29, 0.717) is 34.9 Å². The Bertz CT molecular complexity index is 686. The SMILES string of the molecule is CCOc1ccc(C(=O)Nc2ccc(C)c(F)c2)cc1OC. The molecule has 0 aliphatic carbocycles. The number of nitrogens with one attached hydrogen (secondary N) is 1. The van der Waals surface area contributed by atoms with Gasteiger partial charge in [-0.1, -0.05) is 6.07 Å². The number of carbonyl (C=O) groups is 1. The molecule has 0 aliphatic heterocycles. The van der Waals surface area contributed by atoms with Gasteiger partial charge in [-0.3, -0.25) is 4.79 Å². The maximum Gasteiger partial charge on any atom is 0.255 e. The number of hydrogen-bond donors (Lipinski definition) is 1. The van der Waals surface area contributed by atoms with Crippen LogP contribution >= 0.6 is 0 Å². The van der Waals surface area contributed by atoms with Gasteiger partial charge in [0.2, 0.25) is 0 Å². The molecular formula is C17H18FNO3. The molecule has 0 saturated carbocycles. The Morgan fingerprint density at radius 2 is 1.95 bits per heavy atom. The quantitative estimate of drug-likeness (QED) is 0.914. The molecule has 5 heteroatoms. The zero-order valence-corrected chi connectivity index (χ0v) is 12.8. The lowest BCUT2D eigenvalue weighted by Gasteiger charge is -2.11. The highest BCUT2D eigenvalue weighted by Crippen LogP contribution is 2.28. The fourth-order valence-corrected chi connectivity index (χ4v) is 1.96. The first-order valence-corrected chi connectivity index (χ1v) is 6.93. The molecule has 0 bridgehead atoms. The number of aryl methyl sites for hydroxylation is 1. The van der Waals surface area contributed by atoms with Gasteiger partial charge in [0, 0.05) is 11.3 Å². The summed E-state index contributed by atoms with van der Waals surface area (Å²) in [6.07, 6.45) is 0. The van der Waals surface area contributed by atoms with Crippen molar-refractivity contribution < 1.29 is 18.7 Å². The lowest BCUT2D eigenvalue weighted by Crippen LogP contribution is -2.12. The largest absolute Gasteiger partial charge is 0.493 e. The number of carbonyl (C=O) groups excluding carboxylic acids is 1. The van der Waals surface area contributed by atoms with Crippen LogP contribution in [0.25, 0.3) is 0 Å². The Kier molecular flexibility index (Phi) is 4.99. The van der Waals surface area contributed by atoms with Crippen molar-refractivity contribution in [3.05, 3.63) is 53.3 Å². The van der Waals surface area contributed by atoms with Crippen LogP contribution in [0.1, 0.15) is 22.8 Å². The van der Waals surface area contributed by atoms with Crippen LogP contribution in [-0.4, -0.2) is 19.6 Å². The van der Waals surface area contributed by atoms with Crippen molar-refractivity contribution in [3.8, 4) is 11.5 Å². The fourth-order valence-electron chi connectivity index (χ4n) is 1.96. The molecule has 2 rings (SSSR count). The van der Waals surface area contributed by atoms with E-state index in [-0.39, 0.29) is 11.7 Å². The Labute approximate surface area is 128 Å². The first kappa shape index (κ1) is 15.8. The molecule has 2 aromatic rings. The average molecular weight is 303 g/mol. The number of halogens is 1. The Morgan fingerprint density at radius 1 is 1.18 bits per heavy atom. The first-order valence-electron chi connectivity index (χ1n) is 6.93. The minimum atomic E-state index is -0.359. The molecule has 0 saturated heterocycles. The van der Waals surface area contributed by atoms with Gasteiger partial charge in [-0.15, -0.1) is 0 Å². The monoisotopic (exact) mass is 303 g/mol. The van der Waals surface area contributed by atoms with E-state index in [0.717, 1.165) is 0 Å². The van der Waals surface area contributed by atoms with Crippen LogP contribution < -0.4 is 14.8 Å². The molecule has 1 amide bonds. The van der Waals surface area contributed by atoms with Crippen LogP contribution in [0.15, 0.2) is 36.4 Å². The van der Waals surface area contributed by atoms with Crippen molar-refractivity contribution >= 4 is 11.6 Å². The molecule has 0 fully saturated rings. The Balaban J connectivity index is 2.20. The maximum absolute atomic E-state index is 13.5.